The summed E-state index contributed by atoms with van der Waals surface area (Å²) in [5.41, 5.74) is 0. The molecule has 0 bridgehead atoms. The number of ketones is 1. The molecule has 0 saturated heterocycles. The summed E-state index contributed by atoms with van der Waals surface area (Å²) in [6.45, 7) is 4.03. The Morgan fingerprint density at radius 2 is 1.93 bits per heavy atom. The predicted octanol–water partition coefficient (Wildman–Crippen LogP) is 2.70. The van der Waals surface area contributed by atoms with Gasteiger partial charge in [-0.1, -0.05) is 0 Å². The lowest BCUT2D eigenvalue weighted by Crippen LogP contribution is -2.07. The number of halogens is 1. The third kappa shape index (κ3) is 9.73. The summed E-state index contributed by atoms with van der Waals surface area (Å²) in [4.78, 5) is 22.2. The first-order valence-electron chi connectivity index (χ1n) is 5.37. The fourth-order valence-electron chi connectivity index (χ4n) is 1.18. The lowest BCUT2D eigenvalue weighted by molar-refractivity contribution is -0.144. The molecule has 88 valence electrons. The monoisotopic (exact) mass is 234 g/mol. The van der Waals surface area contributed by atoms with E-state index in [-0.39, 0.29) is 30.0 Å². The summed E-state index contributed by atoms with van der Waals surface area (Å²) >= 11 is 5.74. The molecule has 0 fully saturated rings. The smallest absolute Gasteiger partial charge is 0.306 e. The second-order valence-corrected chi connectivity index (χ2v) is 4.26. The summed E-state index contributed by atoms with van der Waals surface area (Å²) in [7, 11) is 0. The van der Waals surface area contributed by atoms with Crippen LogP contribution in [-0.2, 0) is 14.3 Å². The molecule has 0 aliphatic heterocycles. The zero-order chi connectivity index (χ0) is 11.7. The van der Waals surface area contributed by atoms with E-state index in [1.807, 2.05) is 6.92 Å². The molecule has 0 rings (SSSR count). The summed E-state index contributed by atoms with van der Waals surface area (Å²) in [5, 5.41) is 0.114. The van der Waals surface area contributed by atoms with Crippen LogP contribution in [0.2, 0.25) is 0 Å². The van der Waals surface area contributed by atoms with Crippen molar-refractivity contribution in [3.8, 4) is 0 Å². The number of carbonyl (C=O) groups is 2. The molecule has 1 atom stereocenters. The fourth-order valence-corrected chi connectivity index (χ4v) is 1.33. The van der Waals surface area contributed by atoms with E-state index in [9.17, 15) is 9.59 Å². The largest absolute Gasteiger partial charge is 0.466 e. The van der Waals surface area contributed by atoms with Crippen LogP contribution in [-0.4, -0.2) is 23.7 Å². The van der Waals surface area contributed by atoms with E-state index in [2.05, 4.69) is 0 Å². The molecular weight excluding hydrogens is 216 g/mol. The number of esters is 1. The Morgan fingerprint density at radius 1 is 1.27 bits per heavy atom. The van der Waals surface area contributed by atoms with Crippen molar-refractivity contribution >= 4 is 23.4 Å². The van der Waals surface area contributed by atoms with Crippen LogP contribution < -0.4 is 0 Å². The zero-order valence-corrected chi connectivity index (χ0v) is 10.2. The lowest BCUT2D eigenvalue weighted by atomic mass is 10.1. The van der Waals surface area contributed by atoms with Crippen molar-refractivity contribution in [3.63, 3.8) is 0 Å². The molecule has 0 aromatic heterocycles. The van der Waals surface area contributed by atoms with Crippen molar-refractivity contribution in [2.45, 2.75) is 51.3 Å². The Hall–Kier alpha value is -0.570. The summed E-state index contributed by atoms with van der Waals surface area (Å²) < 4.78 is 4.72. The van der Waals surface area contributed by atoms with E-state index in [1.54, 1.807) is 6.92 Å². The summed E-state index contributed by atoms with van der Waals surface area (Å²) in [5.74, 6) is -0.183. The number of alkyl halides is 1. The number of rotatable bonds is 8. The fraction of sp³-hybridized carbons (Fsp3) is 0.818. The standard InChI is InChI=1S/C11H19ClO3/c1-3-15-11(14)8-7-10(13)6-4-5-9(2)12/h9H,3-8H2,1-2H3. The third-order valence-corrected chi connectivity index (χ3v) is 2.19. The molecule has 0 aromatic carbocycles. The van der Waals surface area contributed by atoms with Crippen LogP contribution in [0.25, 0.3) is 0 Å². The number of Topliss-reactive ketones (excluding diaryl/α,β-unsaturated/α-hetero) is 1. The third-order valence-electron chi connectivity index (χ3n) is 1.97. The predicted molar refractivity (Wildman–Crippen MR) is 60.0 cm³/mol. The number of hydrogen-bond acceptors (Lipinski definition) is 3. The van der Waals surface area contributed by atoms with Crippen LogP contribution in [0.15, 0.2) is 0 Å². The second-order valence-electron chi connectivity index (χ2n) is 3.52. The molecule has 0 N–H and O–H groups in total. The van der Waals surface area contributed by atoms with Gasteiger partial charge in [0.05, 0.1) is 13.0 Å². The first kappa shape index (κ1) is 14.4. The van der Waals surface area contributed by atoms with Crippen LogP contribution in [0.5, 0.6) is 0 Å². The van der Waals surface area contributed by atoms with E-state index < -0.39 is 0 Å². The summed E-state index contributed by atoms with van der Waals surface area (Å²) in [6, 6.07) is 0. The first-order chi connectivity index (χ1) is 7.06. The van der Waals surface area contributed by atoms with Gasteiger partial charge in [0, 0.05) is 18.2 Å². The SMILES string of the molecule is CCOC(=O)CCC(=O)CCCC(C)Cl. The van der Waals surface area contributed by atoms with Crippen LogP contribution in [0.4, 0.5) is 0 Å². The lowest BCUT2D eigenvalue weighted by Gasteiger charge is -2.03. The molecule has 0 heterocycles. The highest BCUT2D eigenvalue weighted by molar-refractivity contribution is 6.20. The molecule has 0 aliphatic rings. The van der Waals surface area contributed by atoms with Gasteiger partial charge in [-0.15, -0.1) is 11.6 Å². The Kier molecular flexibility index (Phi) is 8.38. The Bertz CT molecular complexity index is 202. The van der Waals surface area contributed by atoms with Crippen LogP contribution in [0.3, 0.4) is 0 Å². The minimum Gasteiger partial charge on any atom is -0.466 e. The van der Waals surface area contributed by atoms with E-state index in [1.165, 1.54) is 0 Å². The van der Waals surface area contributed by atoms with Crippen LogP contribution in [0.1, 0.15) is 46.0 Å². The van der Waals surface area contributed by atoms with Gasteiger partial charge in [-0.05, 0) is 26.7 Å². The Labute approximate surface area is 96.1 Å². The maximum atomic E-state index is 11.3. The highest BCUT2D eigenvalue weighted by Gasteiger charge is 2.07. The van der Waals surface area contributed by atoms with Crippen LogP contribution >= 0.6 is 11.6 Å². The molecule has 15 heavy (non-hydrogen) atoms. The van der Waals surface area contributed by atoms with Gasteiger partial charge in [-0.2, -0.15) is 0 Å². The topological polar surface area (TPSA) is 43.4 Å². The molecule has 1 unspecified atom stereocenters. The van der Waals surface area contributed by atoms with Gasteiger partial charge in [-0.25, -0.2) is 0 Å². The average molecular weight is 235 g/mol. The van der Waals surface area contributed by atoms with Crippen molar-refractivity contribution in [1.82, 2.24) is 0 Å². The number of ether oxygens (including phenoxy) is 1. The van der Waals surface area contributed by atoms with Crippen molar-refractivity contribution in [2.75, 3.05) is 6.61 Å². The van der Waals surface area contributed by atoms with E-state index in [0.717, 1.165) is 12.8 Å². The minimum absolute atomic E-state index is 0.111. The van der Waals surface area contributed by atoms with Gasteiger partial charge in [0.2, 0.25) is 0 Å². The van der Waals surface area contributed by atoms with Gasteiger partial charge < -0.3 is 4.74 Å². The number of carbonyl (C=O) groups excluding carboxylic acids is 2. The molecule has 0 amide bonds. The van der Waals surface area contributed by atoms with Crippen molar-refractivity contribution < 1.29 is 14.3 Å². The van der Waals surface area contributed by atoms with Crippen molar-refractivity contribution in [1.29, 1.82) is 0 Å². The van der Waals surface area contributed by atoms with Gasteiger partial charge in [-0.3, -0.25) is 9.59 Å². The zero-order valence-electron chi connectivity index (χ0n) is 9.42. The van der Waals surface area contributed by atoms with Crippen molar-refractivity contribution in [2.24, 2.45) is 0 Å². The normalized spacial score (nSPS) is 12.2. The average Bonchev–Trinajstić information content (AvgIpc) is 2.14. The highest BCUT2D eigenvalue weighted by atomic mass is 35.5. The van der Waals surface area contributed by atoms with E-state index in [0.29, 0.717) is 13.0 Å². The van der Waals surface area contributed by atoms with Gasteiger partial charge in [0.1, 0.15) is 5.78 Å². The van der Waals surface area contributed by atoms with Gasteiger partial charge >= 0.3 is 5.97 Å². The quantitative estimate of drug-likeness (QED) is 0.479. The molecule has 0 radical (unpaired) electrons. The Balaban J connectivity index is 3.45. The minimum atomic E-state index is -0.295. The molecular formula is C11H19ClO3. The molecule has 4 heteroatoms. The number of hydrogen-bond donors (Lipinski definition) is 0. The van der Waals surface area contributed by atoms with Gasteiger partial charge in [0.25, 0.3) is 0 Å². The second kappa shape index (κ2) is 8.72. The first-order valence-corrected chi connectivity index (χ1v) is 5.81. The highest BCUT2D eigenvalue weighted by Crippen LogP contribution is 2.08. The van der Waals surface area contributed by atoms with Crippen molar-refractivity contribution in [3.05, 3.63) is 0 Å². The van der Waals surface area contributed by atoms with Crippen LogP contribution in [0, 0.1) is 0 Å². The molecule has 0 spiro atoms. The van der Waals surface area contributed by atoms with E-state index in [4.69, 9.17) is 16.3 Å². The molecule has 0 aromatic rings. The maximum absolute atomic E-state index is 11.3. The molecule has 3 nitrogen and oxygen atoms in total. The van der Waals surface area contributed by atoms with E-state index >= 15 is 0 Å². The Morgan fingerprint density at radius 3 is 2.47 bits per heavy atom. The van der Waals surface area contributed by atoms with Gasteiger partial charge in [0.15, 0.2) is 0 Å². The summed E-state index contributed by atoms with van der Waals surface area (Å²) in [6.07, 6.45) is 2.63. The molecule has 0 saturated carbocycles. The maximum Gasteiger partial charge on any atom is 0.306 e. The molecule has 0 aliphatic carbocycles.